The van der Waals surface area contributed by atoms with Gasteiger partial charge in [-0.1, -0.05) is 27.6 Å². The van der Waals surface area contributed by atoms with Crippen LogP contribution in [-0.2, 0) is 16.0 Å². The summed E-state index contributed by atoms with van der Waals surface area (Å²) in [4.78, 5) is 14.9. The molecule has 1 unspecified atom stereocenters. The largest absolute Gasteiger partial charge is 0.493 e. The van der Waals surface area contributed by atoms with E-state index in [1.165, 1.54) is 7.11 Å². The van der Waals surface area contributed by atoms with Crippen molar-refractivity contribution >= 4 is 5.97 Å². The third kappa shape index (κ3) is 4.75. The van der Waals surface area contributed by atoms with Crippen LogP contribution in [0, 0.1) is 17.7 Å². The number of carbonyl (C=O) groups excluding carboxylic acids is 1. The van der Waals surface area contributed by atoms with Crippen LogP contribution >= 0.6 is 0 Å². The van der Waals surface area contributed by atoms with Gasteiger partial charge in [-0.25, -0.2) is 0 Å². The van der Waals surface area contributed by atoms with E-state index in [-0.39, 0.29) is 36.4 Å². The molecule has 0 aliphatic carbocycles. The number of esters is 1. The highest BCUT2D eigenvalue weighted by Gasteiger charge is 2.41. The first-order valence-electron chi connectivity index (χ1n) is 14.8. The van der Waals surface area contributed by atoms with Gasteiger partial charge in [-0.15, -0.1) is 0 Å². The Morgan fingerprint density at radius 1 is 1.37 bits per heavy atom. The molecule has 3 rings (SSSR count). The molecule has 0 saturated carbocycles. The number of hydrogen-bond donors (Lipinski definition) is 1. The monoisotopic (exact) mass is 427 g/mol. The van der Waals surface area contributed by atoms with Gasteiger partial charge in [0, 0.05) is 39.7 Å². The molecule has 1 fully saturated rings. The Morgan fingerprint density at radius 3 is 2.80 bits per heavy atom. The van der Waals surface area contributed by atoms with Crippen molar-refractivity contribution in [2.24, 2.45) is 23.5 Å². The lowest BCUT2D eigenvalue weighted by molar-refractivity contribution is -0.160. The van der Waals surface area contributed by atoms with E-state index < -0.39 is 50.2 Å². The Hall–Kier alpha value is -1.79. The van der Waals surface area contributed by atoms with Crippen LogP contribution in [0.15, 0.2) is 12.1 Å². The number of hydrogen-bond acceptors (Lipinski definition) is 6. The van der Waals surface area contributed by atoms with Crippen LogP contribution in [0.3, 0.4) is 0 Å². The average Bonchev–Trinajstić information content (AvgIpc) is 2.80. The normalized spacial score (nSPS) is 32.6. The Bertz CT molecular complexity index is 1060. The van der Waals surface area contributed by atoms with Gasteiger partial charge in [0.1, 0.15) is 12.1 Å². The molecule has 2 N–H and O–H groups in total. The van der Waals surface area contributed by atoms with Crippen molar-refractivity contribution in [3.63, 3.8) is 0 Å². The zero-order valence-electron chi connectivity index (χ0n) is 27.0. The number of benzene rings is 1. The number of ether oxygens (including phenoxy) is 3. The fourth-order valence-corrected chi connectivity index (χ4v) is 4.30. The topological polar surface area (TPSA) is 74.0 Å². The fraction of sp³-hybridized carbons (Fsp3) is 0.708. The number of fused-ring (bicyclic) bond motifs is 3. The van der Waals surface area contributed by atoms with E-state index in [0.29, 0.717) is 13.0 Å². The van der Waals surface area contributed by atoms with Gasteiger partial charge in [0.2, 0.25) is 0 Å². The molecule has 1 aromatic carbocycles. The van der Waals surface area contributed by atoms with Crippen LogP contribution < -0.4 is 15.2 Å². The molecule has 0 amide bonds. The maximum Gasteiger partial charge on any atom is 0.323 e. The van der Waals surface area contributed by atoms with Gasteiger partial charge >= 0.3 is 5.97 Å². The van der Waals surface area contributed by atoms with Gasteiger partial charge in [-0.2, -0.15) is 0 Å². The molecule has 2 aliphatic rings. The second kappa shape index (κ2) is 9.56. The lowest BCUT2D eigenvalue weighted by Gasteiger charge is -2.47. The van der Waals surface area contributed by atoms with Crippen molar-refractivity contribution in [1.29, 1.82) is 0 Å². The molecule has 0 bridgehead atoms. The number of nitrogens with two attached hydrogens (primary N) is 1. The summed E-state index contributed by atoms with van der Waals surface area (Å²) in [7, 11) is -1.28. The smallest absolute Gasteiger partial charge is 0.323 e. The van der Waals surface area contributed by atoms with Crippen LogP contribution in [0.1, 0.15) is 69.9 Å². The second-order valence-electron chi connectivity index (χ2n) is 8.42. The lowest BCUT2D eigenvalue weighted by atomic mass is 9.79. The first-order chi connectivity index (χ1) is 17.7. The highest BCUT2D eigenvalue weighted by Crippen LogP contribution is 2.44. The molecule has 6 nitrogen and oxygen atoms in total. The summed E-state index contributed by atoms with van der Waals surface area (Å²) in [6.45, 7) is 2.11. The van der Waals surface area contributed by atoms with Crippen molar-refractivity contribution in [1.82, 2.24) is 4.90 Å². The van der Waals surface area contributed by atoms with E-state index in [4.69, 9.17) is 32.3 Å². The quantitative estimate of drug-likeness (QED) is 0.671. The van der Waals surface area contributed by atoms with Crippen LogP contribution in [0.25, 0.3) is 0 Å². The molecular weight excluding hydrogens is 380 g/mol. The summed E-state index contributed by atoms with van der Waals surface area (Å²) in [5, 5.41) is 0. The van der Waals surface area contributed by atoms with Crippen molar-refractivity contribution in [2.75, 3.05) is 27.2 Å². The third-order valence-electron chi connectivity index (χ3n) is 6.00. The van der Waals surface area contributed by atoms with E-state index in [1.54, 1.807) is 26.0 Å². The minimum Gasteiger partial charge on any atom is -0.493 e. The third-order valence-corrected chi connectivity index (χ3v) is 6.00. The SMILES string of the molecule is [2H]C([2H])([2H])Oc1cc2c(cc1OC)[C@@H]1C[C@H](OC(=O)[C@@H](N)C(C)C)[C@@H](C([2H])([2H])C([2H])(C)C([2H])([2H])[2H])CN1CC2. The highest BCUT2D eigenvalue weighted by molar-refractivity contribution is 5.76. The van der Waals surface area contributed by atoms with Gasteiger partial charge in [-0.3, -0.25) is 9.69 Å². The highest BCUT2D eigenvalue weighted by atomic mass is 16.5. The molecule has 0 spiro atoms. The Labute approximate surface area is 193 Å². The van der Waals surface area contributed by atoms with E-state index in [2.05, 4.69) is 0 Å². The molecule has 0 radical (unpaired) electrons. The van der Waals surface area contributed by atoms with Crippen LogP contribution in [0.5, 0.6) is 11.5 Å². The summed E-state index contributed by atoms with van der Waals surface area (Å²) >= 11 is 0. The minimum absolute atomic E-state index is 0.0341. The van der Waals surface area contributed by atoms with Crippen molar-refractivity contribution < 1.29 is 31.3 Å². The summed E-state index contributed by atoms with van der Waals surface area (Å²) in [5.74, 6) is -4.29. The maximum absolute atomic E-state index is 12.9. The summed E-state index contributed by atoms with van der Waals surface area (Å²) < 4.78 is 88.5. The lowest BCUT2D eigenvalue weighted by Crippen LogP contribution is -2.51. The van der Waals surface area contributed by atoms with Crippen molar-refractivity contribution in [3.05, 3.63) is 23.3 Å². The predicted octanol–water partition coefficient (Wildman–Crippen LogP) is 3.56. The molecule has 168 valence electrons. The van der Waals surface area contributed by atoms with E-state index in [0.717, 1.165) is 18.1 Å². The molecule has 5 atom stereocenters. The first kappa shape index (κ1) is 13.6. The first-order valence-corrected chi connectivity index (χ1v) is 10.3. The molecule has 1 saturated heterocycles. The molecule has 0 aromatic heterocycles. The van der Waals surface area contributed by atoms with Crippen molar-refractivity contribution in [3.8, 4) is 11.5 Å². The Balaban J connectivity index is 2.05. The molecule has 2 aliphatic heterocycles. The predicted molar refractivity (Wildman–Crippen MR) is 118 cm³/mol. The summed E-state index contributed by atoms with van der Waals surface area (Å²) in [6, 6.07) is 1.97. The van der Waals surface area contributed by atoms with E-state index in [1.807, 2.05) is 4.90 Å². The molecular formula is C24H38N2O4. The van der Waals surface area contributed by atoms with E-state index >= 15 is 0 Å². The van der Waals surface area contributed by atoms with Gasteiger partial charge in [0.05, 0.1) is 18.3 Å². The van der Waals surface area contributed by atoms with Crippen LogP contribution in [0.2, 0.25) is 0 Å². The van der Waals surface area contributed by atoms with Crippen LogP contribution in [-0.4, -0.2) is 50.3 Å². The van der Waals surface area contributed by atoms with E-state index in [9.17, 15) is 4.79 Å². The molecule has 1 aromatic rings. The van der Waals surface area contributed by atoms with Gasteiger partial charge in [-0.05, 0) is 47.9 Å². The Kier molecular flexibility index (Phi) is 4.33. The summed E-state index contributed by atoms with van der Waals surface area (Å²) in [5.41, 5.74) is 7.62. The standard InChI is InChI=1S/C24H38N2O4/c1-14(2)9-17-13-26-8-7-16-10-21(28-5)22(29-6)11-18(16)19(26)12-20(17)30-24(27)23(25)15(3)4/h10-11,14-15,17,19-20,23H,7-9,12-13,25H2,1-6H3/t17-,19-,20-,23-/m0/s1/i1D3,5D3,9D2,14D/t14?,17-,19-,20-,23-. The number of carbonyl (C=O) groups is 1. The molecule has 2 heterocycles. The number of rotatable bonds is 7. The van der Waals surface area contributed by atoms with Gasteiger partial charge in [0.15, 0.2) is 11.5 Å². The Morgan fingerprint density at radius 2 is 2.13 bits per heavy atom. The fourth-order valence-electron chi connectivity index (χ4n) is 4.30. The summed E-state index contributed by atoms with van der Waals surface area (Å²) in [6.07, 6.45) is -3.03. The number of piperidine rings is 1. The zero-order valence-corrected chi connectivity index (χ0v) is 18.0. The average molecular weight is 428 g/mol. The molecule has 6 heteroatoms. The minimum atomic E-state index is -2.93. The molecule has 30 heavy (non-hydrogen) atoms. The second-order valence-corrected chi connectivity index (χ2v) is 8.42. The number of nitrogens with zero attached hydrogens (tertiary/aromatic N) is 1. The van der Waals surface area contributed by atoms with Gasteiger partial charge < -0.3 is 19.9 Å². The number of methoxy groups -OCH3 is 2. The van der Waals surface area contributed by atoms with Crippen molar-refractivity contribution in [2.45, 2.75) is 65.0 Å². The van der Waals surface area contributed by atoms with Gasteiger partial charge in [0.25, 0.3) is 0 Å². The van der Waals surface area contributed by atoms with Crippen LogP contribution in [0.4, 0.5) is 0 Å². The zero-order chi connectivity index (χ0) is 29.7. The maximum atomic E-state index is 12.9.